The van der Waals surface area contributed by atoms with E-state index in [1.807, 2.05) is 6.07 Å². The number of aliphatic imine (C=N–C) groups is 2. The van der Waals surface area contributed by atoms with Crippen molar-refractivity contribution < 1.29 is 32.2 Å². The Bertz CT molecular complexity index is 1350. The second-order valence-electron chi connectivity index (χ2n) is 10.7. The van der Waals surface area contributed by atoms with E-state index >= 15 is 0 Å². The van der Waals surface area contributed by atoms with E-state index in [9.17, 15) is 22.8 Å². The van der Waals surface area contributed by atoms with Crippen molar-refractivity contribution in [2.45, 2.75) is 70.9 Å². The number of hydrogen-bond acceptors (Lipinski definition) is 7. The van der Waals surface area contributed by atoms with E-state index in [0.717, 1.165) is 44.1 Å². The summed E-state index contributed by atoms with van der Waals surface area (Å²) in [6.07, 6.45) is 1.70. The number of unbranched alkanes of at least 4 members (excludes halogenated alkanes) is 5. The van der Waals surface area contributed by atoms with Gasteiger partial charge in [-0.15, -0.1) is 13.2 Å². The number of benzene rings is 2. The van der Waals surface area contributed by atoms with Gasteiger partial charge in [-0.1, -0.05) is 49.9 Å². The van der Waals surface area contributed by atoms with E-state index in [0.29, 0.717) is 49.4 Å². The number of nitrogens with zero attached hydrogens (tertiary/aromatic N) is 3. The van der Waals surface area contributed by atoms with Gasteiger partial charge in [-0.3, -0.25) is 15.6 Å². The molecule has 0 saturated heterocycles. The lowest BCUT2D eigenvalue weighted by atomic mass is 10.0. The zero-order chi connectivity index (χ0) is 33.4. The van der Waals surface area contributed by atoms with Gasteiger partial charge in [-0.2, -0.15) is 0 Å². The number of para-hydroxylation sites is 1. The van der Waals surface area contributed by atoms with E-state index in [4.69, 9.17) is 16.2 Å². The lowest BCUT2D eigenvalue weighted by Crippen LogP contribution is -2.46. The van der Waals surface area contributed by atoms with Crippen molar-refractivity contribution in [3.8, 4) is 11.5 Å². The molecule has 0 atom stereocenters. The van der Waals surface area contributed by atoms with Crippen LogP contribution in [-0.4, -0.2) is 61.9 Å². The summed E-state index contributed by atoms with van der Waals surface area (Å²) in [6.45, 7) is 1.58. The van der Waals surface area contributed by atoms with Crippen LogP contribution in [0.15, 0.2) is 52.4 Å². The molecule has 3 rings (SSSR count). The van der Waals surface area contributed by atoms with Crippen LogP contribution in [0, 0.1) is 0 Å². The Hall–Kier alpha value is -4.69. The van der Waals surface area contributed by atoms with Crippen molar-refractivity contribution in [3.63, 3.8) is 0 Å². The third-order valence-corrected chi connectivity index (χ3v) is 7.17. The first-order valence-electron chi connectivity index (χ1n) is 15.3. The molecule has 252 valence electrons. The van der Waals surface area contributed by atoms with E-state index in [1.165, 1.54) is 19.2 Å². The number of carbonyl (C=O) groups is 2. The predicted octanol–water partition coefficient (Wildman–Crippen LogP) is 4.52. The van der Waals surface area contributed by atoms with Crippen LogP contribution < -0.4 is 36.9 Å². The topological polar surface area (TPSA) is 169 Å². The summed E-state index contributed by atoms with van der Waals surface area (Å²) in [6, 6.07) is 10.6. The molecule has 0 bridgehead atoms. The number of rotatable bonds is 10. The number of nitrogens with one attached hydrogen (secondary N) is 3. The Kier molecular flexibility index (Phi) is 14.3. The van der Waals surface area contributed by atoms with Gasteiger partial charge >= 0.3 is 18.4 Å². The Morgan fingerprint density at radius 1 is 1.09 bits per heavy atom. The van der Waals surface area contributed by atoms with Crippen molar-refractivity contribution in [2.24, 2.45) is 21.5 Å². The van der Waals surface area contributed by atoms with Crippen LogP contribution in [0.1, 0.15) is 61.6 Å². The van der Waals surface area contributed by atoms with Crippen LogP contribution in [0.5, 0.6) is 11.5 Å². The minimum Gasteiger partial charge on any atom is -0.489 e. The Balaban J connectivity index is 1.61. The number of alkyl halides is 3. The molecular formula is C31H43F3N8O4. The number of carbonyl (C=O) groups excluding carboxylic acids is 2. The maximum Gasteiger partial charge on any atom is 0.573 e. The van der Waals surface area contributed by atoms with Crippen molar-refractivity contribution in [1.29, 1.82) is 0 Å². The summed E-state index contributed by atoms with van der Waals surface area (Å²) in [5.41, 5.74) is 13.8. The van der Waals surface area contributed by atoms with Crippen LogP contribution >= 0.6 is 0 Å². The summed E-state index contributed by atoms with van der Waals surface area (Å²) in [5, 5.41) is 7.49. The van der Waals surface area contributed by atoms with Crippen LogP contribution in [0.2, 0.25) is 0 Å². The van der Waals surface area contributed by atoms with Gasteiger partial charge in [0.05, 0.1) is 6.54 Å². The van der Waals surface area contributed by atoms with Gasteiger partial charge in [0, 0.05) is 32.2 Å². The highest BCUT2D eigenvalue weighted by molar-refractivity contribution is 5.95. The highest BCUT2D eigenvalue weighted by Gasteiger charge is 2.31. The second kappa shape index (κ2) is 18.3. The molecule has 1 aliphatic rings. The van der Waals surface area contributed by atoms with E-state index < -0.39 is 12.4 Å². The monoisotopic (exact) mass is 648 g/mol. The maximum atomic E-state index is 13.2. The first kappa shape index (κ1) is 35.8. The SMILES string of the molecule is CNC(=O)NC(N)=NCCCCCCCCN1CCCc2ccc(OC(F)(F)F)cc2COc2ccccc2CN=C(N)NC1=O. The summed E-state index contributed by atoms with van der Waals surface area (Å²) in [7, 11) is 1.49. The number of ether oxygens (including phenoxy) is 2. The number of amides is 4. The van der Waals surface area contributed by atoms with E-state index in [-0.39, 0.29) is 36.9 Å². The molecule has 7 N–H and O–H groups in total. The maximum absolute atomic E-state index is 13.2. The summed E-state index contributed by atoms with van der Waals surface area (Å²) < 4.78 is 48.9. The van der Waals surface area contributed by atoms with Gasteiger partial charge in [0.25, 0.3) is 0 Å². The number of hydrogen-bond donors (Lipinski definition) is 5. The predicted molar refractivity (Wildman–Crippen MR) is 169 cm³/mol. The Labute approximate surface area is 266 Å². The van der Waals surface area contributed by atoms with Gasteiger partial charge in [-0.25, -0.2) is 14.6 Å². The number of halogens is 3. The number of urea groups is 2. The smallest absolute Gasteiger partial charge is 0.489 e. The minimum absolute atomic E-state index is 0.0220. The zero-order valence-electron chi connectivity index (χ0n) is 26.0. The third kappa shape index (κ3) is 13.1. The molecule has 0 unspecified atom stereocenters. The third-order valence-electron chi connectivity index (χ3n) is 7.17. The fourth-order valence-corrected chi connectivity index (χ4v) is 4.82. The van der Waals surface area contributed by atoms with Gasteiger partial charge in [0.1, 0.15) is 18.1 Å². The minimum atomic E-state index is -4.82. The average Bonchev–Trinajstić information content (AvgIpc) is 3.01. The molecule has 0 spiro atoms. The van der Waals surface area contributed by atoms with Crippen LogP contribution in [0.3, 0.4) is 0 Å². The van der Waals surface area contributed by atoms with Crippen molar-refractivity contribution >= 4 is 24.0 Å². The first-order valence-corrected chi connectivity index (χ1v) is 15.3. The largest absolute Gasteiger partial charge is 0.573 e. The van der Waals surface area contributed by atoms with Crippen LogP contribution in [-0.2, 0) is 19.6 Å². The molecule has 46 heavy (non-hydrogen) atoms. The molecule has 2 aromatic rings. The quantitative estimate of drug-likeness (QED) is 0.144. The molecule has 0 saturated carbocycles. The van der Waals surface area contributed by atoms with Gasteiger partial charge < -0.3 is 31.2 Å². The molecule has 0 fully saturated rings. The number of guanidine groups is 2. The highest BCUT2D eigenvalue weighted by Crippen LogP contribution is 2.28. The van der Waals surface area contributed by atoms with Gasteiger partial charge in [0.15, 0.2) is 11.9 Å². The van der Waals surface area contributed by atoms with Gasteiger partial charge in [-0.05, 0) is 55.0 Å². The van der Waals surface area contributed by atoms with E-state index in [1.54, 1.807) is 29.2 Å². The zero-order valence-corrected chi connectivity index (χ0v) is 26.0. The van der Waals surface area contributed by atoms with Crippen LogP contribution in [0.25, 0.3) is 0 Å². The standard InChI is InChI=1S/C31H43F3N8O4/c1-37-29(43)40-27(35)38-16-8-4-2-3-5-9-17-42-18-10-12-22-14-15-25(46-31(32,33)34)19-24(22)21-45-26-13-7-6-11-23(26)20-39-28(36)41-30(42)44/h6-7,11,13-15,19H,2-5,8-10,12,16-18,20-21H2,1H3,(H3,36,39,41,44)(H4,35,37,38,40,43). The summed E-state index contributed by atoms with van der Waals surface area (Å²) in [4.78, 5) is 34.5. The Morgan fingerprint density at radius 3 is 2.59 bits per heavy atom. The first-order chi connectivity index (χ1) is 22.0. The fourth-order valence-electron chi connectivity index (χ4n) is 4.82. The van der Waals surface area contributed by atoms with E-state index in [2.05, 4.69) is 30.7 Å². The fraction of sp³-hybridized carbons (Fsp3) is 0.484. The molecule has 1 aliphatic heterocycles. The molecule has 15 heteroatoms. The second-order valence-corrected chi connectivity index (χ2v) is 10.7. The number of nitrogens with two attached hydrogens (primary N) is 2. The highest BCUT2D eigenvalue weighted by atomic mass is 19.4. The number of aryl methyl sites for hydroxylation is 1. The molecular weight excluding hydrogens is 605 g/mol. The normalized spacial score (nSPS) is 14.8. The van der Waals surface area contributed by atoms with Crippen molar-refractivity contribution in [3.05, 3.63) is 59.2 Å². The molecule has 0 aromatic heterocycles. The molecule has 4 amide bonds. The lowest BCUT2D eigenvalue weighted by Gasteiger charge is -2.23. The van der Waals surface area contributed by atoms with Crippen LogP contribution in [0.4, 0.5) is 22.8 Å². The molecule has 0 aliphatic carbocycles. The summed E-state index contributed by atoms with van der Waals surface area (Å²) >= 11 is 0. The summed E-state index contributed by atoms with van der Waals surface area (Å²) in [5.74, 6) is 0.239. The lowest BCUT2D eigenvalue weighted by molar-refractivity contribution is -0.274. The number of fused-ring (bicyclic) bond motifs is 2. The molecule has 2 aromatic carbocycles. The Morgan fingerprint density at radius 2 is 1.83 bits per heavy atom. The average molecular weight is 649 g/mol. The van der Waals surface area contributed by atoms with Crippen molar-refractivity contribution in [1.82, 2.24) is 20.9 Å². The van der Waals surface area contributed by atoms with Crippen molar-refractivity contribution in [2.75, 3.05) is 26.7 Å². The van der Waals surface area contributed by atoms with Gasteiger partial charge in [0.2, 0.25) is 0 Å². The molecule has 1 heterocycles. The molecule has 12 nitrogen and oxygen atoms in total. The molecule has 0 radical (unpaired) electrons.